The first-order valence-electron chi connectivity index (χ1n) is 5.14. The second-order valence-corrected chi connectivity index (χ2v) is 3.29. The Morgan fingerprint density at radius 2 is 2.33 bits per heavy atom. The maximum absolute atomic E-state index is 5.33. The van der Waals surface area contributed by atoms with E-state index in [2.05, 4.69) is 22.4 Å². The molecule has 0 spiro atoms. The highest BCUT2D eigenvalue weighted by atomic mass is 16.5. The summed E-state index contributed by atoms with van der Waals surface area (Å²) in [6, 6.07) is 2.24. The van der Waals surface area contributed by atoms with Crippen LogP contribution in [0.25, 0.3) is 0 Å². The molecule has 0 saturated carbocycles. The summed E-state index contributed by atoms with van der Waals surface area (Å²) in [5, 5.41) is 10.1. The zero-order chi connectivity index (χ0) is 10.9. The van der Waals surface area contributed by atoms with Crippen LogP contribution in [0.3, 0.4) is 0 Å². The number of aromatic nitrogens is 2. The first-order chi connectivity index (χ1) is 7.34. The minimum absolute atomic E-state index is 0.276. The molecule has 0 bridgehead atoms. The number of hydrogen-bond acceptors (Lipinski definition) is 4. The summed E-state index contributed by atoms with van der Waals surface area (Å²) in [4.78, 5) is 0. The lowest BCUT2D eigenvalue weighted by molar-refractivity contribution is 0.0712. The molecule has 0 aliphatic rings. The van der Waals surface area contributed by atoms with Crippen molar-refractivity contribution in [3.63, 3.8) is 0 Å². The Bertz CT molecular complexity index is 239. The molecule has 1 aromatic heterocycles. The quantitative estimate of drug-likeness (QED) is 0.625. The fraction of sp³-hybridized carbons (Fsp3) is 0.700. The molecule has 0 amide bonds. The average molecular weight is 213 g/mol. The first-order valence-corrected chi connectivity index (χ1v) is 5.14. The Hall–Kier alpha value is -0.910. The molecule has 0 radical (unpaired) electrons. The van der Waals surface area contributed by atoms with Crippen molar-refractivity contribution in [1.82, 2.24) is 15.5 Å². The van der Waals surface area contributed by atoms with E-state index in [1.54, 1.807) is 13.3 Å². The number of H-pyrrole nitrogens is 1. The van der Waals surface area contributed by atoms with Gasteiger partial charge in [-0.15, -0.1) is 0 Å². The van der Waals surface area contributed by atoms with Crippen LogP contribution in [-0.4, -0.2) is 43.7 Å². The third-order valence-corrected chi connectivity index (χ3v) is 2.12. The van der Waals surface area contributed by atoms with Crippen LogP contribution in [0.5, 0.6) is 0 Å². The van der Waals surface area contributed by atoms with Crippen molar-refractivity contribution in [3.05, 3.63) is 18.0 Å². The van der Waals surface area contributed by atoms with Gasteiger partial charge in [0.25, 0.3) is 0 Å². The highest BCUT2D eigenvalue weighted by Crippen LogP contribution is 2.05. The molecule has 1 aromatic rings. The van der Waals surface area contributed by atoms with Gasteiger partial charge in [0.1, 0.15) is 0 Å². The molecule has 5 heteroatoms. The molecule has 0 fully saturated rings. The maximum Gasteiger partial charge on any atom is 0.0700 e. The van der Waals surface area contributed by atoms with E-state index in [9.17, 15) is 0 Å². The van der Waals surface area contributed by atoms with Crippen molar-refractivity contribution in [3.8, 4) is 0 Å². The second kappa shape index (κ2) is 7.39. The molecular weight excluding hydrogens is 194 g/mol. The number of methoxy groups -OCH3 is 1. The van der Waals surface area contributed by atoms with Crippen LogP contribution in [-0.2, 0) is 9.47 Å². The second-order valence-electron chi connectivity index (χ2n) is 3.29. The first kappa shape index (κ1) is 12.2. The number of nitrogens with one attached hydrogen (secondary N) is 2. The van der Waals surface area contributed by atoms with Crippen molar-refractivity contribution < 1.29 is 9.47 Å². The van der Waals surface area contributed by atoms with Crippen molar-refractivity contribution >= 4 is 0 Å². The molecule has 5 nitrogen and oxygen atoms in total. The van der Waals surface area contributed by atoms with Gasteiger partial charge in [-0.25, -0.2) is 0 Å². The number of hydrogen-bond donors (Lipinski definition) is 2. The molecule has 0 aliphatic carbocycles. The zero-order valence-corrected chi connectivity index (χ0v) is 9.32. The lowest BCUT2D eigenvalue weighted by Crippen LogP contribution is -2.24. The lowest BCUT2D eigenvalue weighted by Gasteiger charge is -2.11. The van der Waals surface area contributed by atoms with E-state index >= 15 is 0 Å². The molecule has 2 N–H and O–H groups in total. The lowest BCUT2D eigenvalue weighted by atomic mass is 10.2. The molecule has 86 valence electrons. The van der Waals surface area contributed by atoms with Crippen molar-refractivity contribution in [2.45, 2.75) is 13.0 Å². The van der Waals surface area contributed by atoms with E-state index in [4.69, 9.17) is 9.47 Å². The average Bonchev–Trinajstić information content (AvgIpc) is 2.76. The normalized spacial score (nSPS) is 12.9. The van der Waals surface area contributed by atoms with Crippen LogP contribution < -0.4 is 5.32 Å². The predicted molar refractivity (Wildman–Crippen MR) is 57.7 cm³/mol. The Kier molecular flexibility index (Phi) is 5.99. The molecule has 1 atom stereocenters. The zero-order valence-electron chi connectivity index (χ0n) is 9.32. The van der Waals surface area contributed by atoms with Crippen LogP contribution in [0.2, 0.25) is 0 Å². The fourth-order valence-electron chi connectivity index (χ4n) is 1.21. The summed E-state index contributed by atoms with van der Waals surface area (Å²) in [5.74, 6) is 0. The number of aromatic amines is 1. The Morgan fingerprint density at radius 1 is 1.47 bits per heavy atom. The van der Waals surface area contributed by atoms with Gasteiger partial charge in [0.05, 0.1) is 25.5 Å². The Balaban J connectivity index is 2.00. The van der Waals surface area contributed by atoms with E-state index < -0.39 is 0 Å². The summed E-state index contributed by atoms with van der Waals surface area (Å²) in [6.45, 7) is 4.90. The Labute approximate surface area is 90.2 Å². The maximum atomic E-state index is 5.33. The molecule has 0 saturated heterocycles. The third kappa shape index (κ3) is 4.92. The summed E-state index contributed by atoms with van der Waals surface area (Å²) >= 11 is 0. The van der Waals surface area contributed by atoms with Crippen LogP contribution in [0.15, 0.2) is 12.3 Å². The molecule has 0 aliphatic heterocycles. The molecule has 1 rings (SSSR count). The van der Waals surface area contributed by atoms with E-state index in [1.807, 2.05) is 6.07 Å². The SMILES string of the molecule is COCCOCCNC(C)c1ccn[nH]1. The minimum Gasteiger partial charge on any atom is -0.382 e. The van der Waals surface area contributed by atoms with Crippen LogP contribution in [0, 0.1) is 0 Å². The van der Waals surface area contributed by atoms with Crippen LogP contribution in [0.1, 0.15) is 18.7 Å². The monoisotopic (exact) mass is 213 g/mol. The summed E-state index contributed by atoms with van der Waals surface area (Å²) in [6.07, 6.45) is 1.75. The molecule has 1 unspecified atom stereocenters. The van der Waals surface area contributed by atoms with Crippen molar-refractivity contribution in [2.75, 3.05) is 33.5 Å². The number of ether oxygens (including phenoxy) is 2. The molecule has 0 aromatic carbocycles. The van der Waals surface area contributed by atoms with Crippen molar-refractivity contribution in [1.29, 1.82) is 0 Å². The smallest absolute Gasteiger partial charge is 0.0700 e. The van der Waals surface area contributed by atoms with Gasteiger partial charge in [-0.1, -0.05) is 0 Å². The van der Waals surface area contributed by atoms with Gasteiger partial charge in [0.2, 0.25) is 0 Å². The van der Waals surface area contributed by atoms with Gasteiger partial charge in [0.15, 0.2) is 0 Å². The van der Waals surface area contributed by atoms with Gasteiger partial charge in [0, 0.05) is 25.9 Å². The van der Waals surface area contributed by atoms with Gasteiger partial charge in [-0.2, -0.15) is 5.10 Å². The molecule has 15 heavy (non-hydrogen) atoms. The van der Waals surface area contributed by atoms with Gasteiger partial charge < -0.3 is 14.8 Å². The number of nitrogens with zero attached hydrogens (tertiary/aromatic N) is 1. The predicted octanol–water partition coefficient (Wildman–Crippen LogP) is 0.723. The minimum atomic E-state index is 0.276. The summed E-state index contributed by atoms with van der Waals surface area (Å²) < 4.78 is 10.2. The number of rotatable bonds is 8. The van der Waals surface area contributed by atoms with Crippen LogP contribution >= 0.6 is 0 Å². The van der Waals surface area contributed by atoms with E-state index in [0.717, 1.165) is 12.2 Å². The molecular formula is C10H19N3O2. The fourth-order valence-corrected chi connectivity index (χ4v) is 1.21. The van der Waals surface area contributed by atoms with E-state index in [-0.39, 0.29) is 6.04 Å². The van der Waals surface area contributed by atoms with E-state index in [1.165, 1.54) is 0 Å². The standard InChI is InChI=1S/C10H19N3O2/c1-9(10-3-4-12-13-10)11-5-6-15-8-7-14-2/h3-4,9,11H,5-8H2,1-2H3,(H,12,13). The summed E-state index contributed by atoms with van der Waals surface area (Å²) in [7, 11) is 1.67. The van der Waals surface area contributed by atoms with Gasteiger partial charge in [-0.3, -0.25) is 5.10 Å². The largest absolute Gasteiger partial charge is 0.382 e. The van der Waals surface area contributed by atoms with Gasteiger partial charge in [-0.05, 0) is 13.0 Å². The van der Waals surface area contributed by atoms with Gasteiger partial charge >= 0.3 is 0 Å². The third-order valence-electron chi connectivity index (χ3n) is 2.12. The topological polar surface area (TPSA) is 59.2 Å². The molecule has 1 heterocycles. The Morgan fingerprint density at radius 3 is 3.00 bits per heavy atom. The van der Waals surface area contributed by atoms with Crippen LogP contribution in [0.4, 0.5) is 0 Å². The summed E-state index contributed by atoms with van der Waals surface area (Å²) in [5.41, 5.74) is 1.09. The van der Waals surface area contributed by atoms with Crippen molar-refractivity contribution in [2.24, 2.45) is 0 Å². The highest BCUT2D eigenvalue weighted by Gasteiger charge is 2.04. The highest BCUT2D eigenvalue weighted by molar-refractivity contribution is 5.02. The van der Waals surface area contributed by atoms with E-state index in [0.29, 0.717) is 19.8 Å².